The number of piperazine rings is 1. The van der Waals surface area contributed by atoms with Gasteiger partial charge >= 0.3 is 0 Å². The van der Waals surface area contributed by atoms with Gasteiger partial charge in [-0.3, -0.25) is 14.6 Å². The number of carbonyl (C=O) groups is 1. The molecule has 1 amide bonds. The fourth-order valence-corrected chi connectivity index (χ4v) is 5.91. The number of aromatic nitrogens is 1. The summed E-state index contributed by atoms with van der Waals surface area (Å²) in [6, 6.07) is 2.84. The van der Waals surface area contributed by atoms with Crippen molar-refractivity contribution >= 4 is 27.3 Å². The molecule has 6 nitrogen and oxygen atoms in total. The van der Waals surface area contributed by atoms with Crippen molar-refractivity contribution in [3.8, 4) is 5.88 Å². The summed E-state index contributed by atoms with van der Waals surface area (Å²) in [5.74, 6) is 0.966. The van der Waals surface area contributed by atoms with Gasteiger partial charge in [0.1, 0.15) is 0 Å². The summed E-state index contributed by atoms with van der Waals surface area (Å²) in [5, 5.41) is 1.27. The lowest BCUT2D eigenvalue weighted by Gasteiger charge is -2.43. The Morgan fingerprint density at radius 1 is 1.25 bits per heavy atom. The number of hydrogen-bond donors (Lipinski definition) is 0. The van der Waals surface area contributed by atoms with Gasteiger partial charge in [-0.05, 0) is 24.8 Å². The lowest BCUT2D eigenvalue weighted by atomic mass is 9.91. The first-order valence-electron chi connectivity index (χ1n) is 10.4. The van der Waals surface area contributed by atoms with Crippen LogP contribution in [0, 0.1) is 0 Å². The molecule has 0 spiro atoms. The molecule has 0 bridgehead atoms. The molecule has 3 aliphatic rings. The van der Waals surface area contributed by atoms with Crippen LogP contribution in [0.5, 0.6) is 5.88 Å². The summed E-state index contributed by atoms with van der Waals surface area (Å²) in [4.78, 5) is 25.5. The first-order chi connectivity index (χ1) is 13.7. The van der Waals surface area contributed by atoms with Crippen LogP contribution in [0.1, 0.15) is 29.7 Å². The molecule has 0 unspecified atom stereocenters. The molecule has 7 heteroatoms. The number of rotatable bonds is 4. The molecule has 0 aromatic carbocycles. The summed E-state index contributed by atoms with van der Waals surface area (Å²) < 4.78 is 6.50. The van der Waals surface area contributed by atoms with Crippen LogP contribution in [0.4, 0.5) is 0 Å². The van der Waals surface area contributed by atoms with E-state index in [-0.39, 0.29) is 0 Å². The lowest BCUT2D eigenvalue weighted by Crippen LogP contribution is -2.55. The average Bonchev–Trinajstić information content (AvgIpc) is 3.04. The highest BCUT2D eigenvalue weighted by atomic mass is 32.1. The Balaban J connectivity index is 1.20. The van der Waals surface area contributed by atoms with E-state index in [0.29, 0.717) is 18.3 Å². The third-order valence-corrected chi connectivity index (χ3v) is 7.78. The van der Waals surface area contributed by atoms with Crippen molar-refractivity contribution in [2.24, 2.45) is 0 Å². The van der Waals surface area contributed by atoms with Gasteiger partial charge in [0.25, 0.3) is 0 Å². The minimum atomic E-state index is 0.293. The highest BCUT2D eigenvalue weighted by Crippen LogP contribution is 2.36. The monoisotopic (exact) mass is 400 g/mol. The van der Waals surface area contributed by atoms with Gasteiger partial charge in [0.15, 0.2) is 0 Å². The highest BCUT2D eigenvalue weighted by Gasteiger charge is 2.30. The van der Waals surface area contributed by atoms with Crippen molar-refractivity contribution in [2.75, 3.05) is 46.4 Å². The zero-order valence-electron chi connectivity index (χ0n) is 16.5. The fraction of sp³-hybridized carbons (Fsp3) is 0.619. The molecular weight excluding hydrogens is 372 g/mol. The van der Waals surface area contributed by atoms with Crippen LogP contribution in [-0.2, 0) is 17.8 Å². The number of thiophene rings is 1. The number of methoxy groups -OCH3 is 1. The number of amides is 1. The number of hydrogen-bond acceptors (Lipinski definition) is 6. The maximum absolute atomic E-state index is 12.8. The number of nitrogens with zero attached hydrogens (tertiary/aromatic N) is 4. The predicted octanol–water partition coefficient (Wildman–Crippen LogP) is 2.36. The number of carbonyl (C=O) groups excluding carboxylic acids is 1. The number of fused-ring (bicyclic) bond motifs is 3. The second kappa shape index (κ2) is 7.61. The van der Waals surface area contributed by atoms with E-state index in [2.05, 4.69) is 19.7 Å². The molecule has 0 atom stereocenters. The number of pyridine rings is 1. The van der Waals surface area contributed by atoms with E-state index in [1.165, 1.54) is 39.8 Å². The Hall–Kier alpha value is -1.70. The minimum absolute atomic E-state index is 0.293. The zero-order chi connectivity index (χ0) is 19.1. The van der Waals surface area contributed by atoms with Crippen LogP contribution in [0.3, 0.4) is 0 Å². The second-order valence-corrected chi connectivity index (χ2v) is 9.33. The van der Waals surface area contributed by atoms with Gasteiger partial charge in [-0.15, -0.1) is 11.3 Å². The van der Waals surface area contributed by atoms with E-state index in [1.54, 1.807) is 18.4 Å². The van der Waals surface area contributed by atoms with Crippen molar-refractivity contribution in [1.82, 2.24) is 19.7 Å². The molecule has 0 N–H and O–H groups in total. The second-order valence-electron chi connectivity index (χ2n) is 8.19. The topological polar surface area (TPSA) is 48.9 Å². The van der Waals surface area contributed by atoms with Crippen LogP contribution in [0.15, 0.2) is 12.3 Å². The fourth-order valence-electron chi connectivity index (χ4n) is 4.67. The van der Waals surface area contributed by atoms with Crippen LogP contribution in [-0.4, -0.2) is 78.0 Å². The van der Waals surface area contributed by atoms with Gasteiger partial charge in [0, 0.05) is 67.8 Å². The number of ether oxygens (including phenoxy) is 1. The predicted molar refractivity (Wildman–Crippen MR) is 111 cm³/mol. The quantitative estimate of drug-likeness (QED) is 0.789. The van der Waals surface area contributed by atoms with E-state index >= 15 is 0 Å². The standard InChI is InChI=1S/C21H28N4O2S/c1-27-20-11-17-16-5-6-23(13-19(16)28-18(17)12-22-20)14-21(26)25-9-7-24(8-10-25)15-3-2-4-15/h11-12,15H,2-10,13-14H2,1H3. The molecule has 5 rings (SSSR count). The van der Waals surface area contributed by atoms with Gasteiger partial charge < -0.3 is 9.64 Å². The maximum Gasteiger partial charge on any atom is 0.236 e. The van der Waals surface area contributed by atoms with E-state index in [0.717, 1.165) is 51.7 Å². The molecule has 0 radical (unpaired) electrons. The Morgan fingerprint density at radius 2 is 2.07 bits per heavy atom. The first kappa shape index (κ1) is 18.3. The SMILES string of the molecule is COc1cc2c3c(sc2cn1)CN(CC(=O)N1CCN(C2CCC2)CC1)CC3. The zero-order valence-corrected chi connectivity index (χ0v) is 17.3. The van der Waals surface area contributed by atoms with Crippen LogP contribution in [0.2, 0.25) is 0 Å². The lowest BCUT2D eigenvalue weighted by molar-refractivity contribution is -0.135. The molecule has 2 aromatic heterocycles. The summed E-state index contributed by atoms with van der Waals surface area (Å²) >= 11 is 1.81. The molecule has 1 saturated carbocycles. The van der Waals surface area contributed by atoms with Crippen molar-refractivity contribution in [3.63, 3.8) is 0 Å². The molecule has 2 aromatic rings. The van der Waals surface area contributed by atoms with Gasteiger partial charge in [-0.1, -0.05) is 6.42 Å². The molecule has 150 valence electrons. The van der Waals surface area contributed by atoms with Crippen LogP contribution < -0.4 is 4.74 Å². The van der Waals surface area contributed by atoms with Crippen molar-refractivity contribution < 1.29 is 9.53 Å². The minimum Gasteiger partial charge on any atom is -0.481 e. The van der Waals surface area contributed by atoms with Crippen molar-refractivity contribution in [3.05, 3.63) is 22.7 Å². The molecule has 1 saturated heterocycles. The van der Waals surface area contributed by atoms with Crippen LogP contribution in [0.25, 0.3) is 10.1 Å². The third-order valence-electron chi connectivity index (χ3n) is 6.61. The molecule has 28 heavy (non-hydrogen) atoms. The Bertz CT molecular complexity index is 871. The van der Waals surface area contributed by atoms with E-state index in [1.807, 2.05) is 12.3 Å². The largest absolute Gasteiger partial charge is 0.481 e. The van der Waals surface area contributed by atoms with E-state index in [9.17, 15) is 4.79 Å². The summed E-state index contributed by atoms with van der Waals surface area (Å²) in [7, 11) is 1.66. The Morgan fingerprint density at radius 3 is 2.79 bits per heavy atom. The third kappa shape index (κ3) is 3.40. The summed E-state index contributed by atoms with van der Waals surface area (Å²) in [5.41, 5.74) is 1.42. The summed E-state index contributed by atoms with van der Waals surface area (Å²) in [6.45, 7) is 6.23. The van der Waals surface area contributed by atoms with Gasteiger partial charge in [-0.25, -0.2) is 4.98 Å². The van der Waals surface area contributed by atoms with Gasteiger partial charge in [0.2, 0.25) is 11.8 Å². The molecular formula is C21H28N4O2S. The van der Waals surface area contributed by atoms with E-state index < -0.39 is 0 Å². The molecule has 2 fully saturated rings. The highest BCUT2D eigenvalue weighted by molar-refractivity contribution is 7.19. The maximum atomic E-state index is 12.8. The van der Waals surface area contributed by atoms with Gasteiger partial charge in [0.05, 0.1) is 18.4 Å². The van der Waals surface area contributed by atoms with Crippen LogP contribution >= 0.6 is 11.3 Å². The summed E-state index contributed by atoms with van der Waals surface area (Å²) in [6.07, 6.45) is 6.97. The first-order valence-corrected chi connectivity index (χ1v) is 11.2. The molecule has 4 heterocycles. The van der Waals surface area contributed by atoms with Gasteiger partial charge in [-0.2, -0.15) is 0 Å². The van der Waals surface area contributed by atoms with E-state index in [4.69, 9.17) is 4.74 Å². The van der Waals surface area contributed by atoms with Crippen molar-refractivity contribution in [2.45, 2.75) is 38.3 Å². The Labute approximate surface area is 170 Å². The normalized spacial score (nSPS) is 21.5. The molecule has 2 aliphatic heterocycles. The molecule has 1 aliphatic carbocycles. The van der Waals surface area contributed by atoms with Crippen molar-refractivity contribution in [1.29, 1.82) is 0 Å². The Kier molecular flexibility index (Phi) is 4.99. The average molecular weight is 401 g/mol. The smallest absolute Gasteiger partial charge is 0.236 e.